The van der Waals surface area contributed by atoms with Crippen molar-refractivity contribution < 1.29 is 27.2 Å². The van der Waals surface area contributed by atoms with Crippen LogP contribution >= 0.6 is 11.3 Å². The summed E-state index contributed by atoms with van der Waals surface area (Å²) in [5.41, 5.74) is 3.13. The number of hydrogen-bond acceptors (Lipinski definition) is 8. The van der Waals surface area contributed by atoms with Crippen LogP contribution in [-0.2, 0) is 11.3 Å². The Balaban J connectivity index is 1.63. The van der Waals surface area contributed by atoms with Gasteiger partial charge in [-0.05, 0) is 38.5 Å². The third-order valence-corrected chi connectivity index (χ3v) is 6.22. The highest BCUT2D eigenvalue weighted by Gasteiger charge is 2.44. The van der Waals surface area contributed by atoms with Crippen LogP contribution in [0.2, 0.25) is 0 Å². The van der Waals surface area contributed by atoms with E-state index in [4.69, 9.17) is 9.26 Å². The average Bonchev–Trinajstić information content (AvgIpc) is 3.37. The fraction of sp³-hybridized carbons (Fsp3) is 0.429. The molecule has 4 rings (SSSR count). The van der Waals surface area contributed by atoms with Gasteiger partial charge in [0.25, 0.3) is 5.91 Å². The highest BCUT2D eigenvalue weighted by molar-refractivity contribution is 7.19. The van der Waals surface area contributed by atoms with E-state index in [9.17, 15) is 18.0 Å². The van der Waals surface area contributed by atoms with Crippen molar-refractivity contribution in [2.75, 3.05) is 24.6 Å². The van der Waals surface area contributed by atoms with Gasteiger partial charge in [0.2, 0.25) is 0 Å². The Morgan fingerprint density at radius 2 is 1.94 bits per heavy atom. The molecule has 3 aromatic heterocycles. The van der Waals surface area contributed by atoms with Crippen molar-refractivity contribution in [1.29, 1.82) is 0 Å². The molecule has 1 N–H and O–H groups in total. The van der Waals surface area contributed by atoms with E-state index in [1.54, 1.807) is 11.8 Å². The van der Waals surface area contributed by atoms with E-state index in [0.29, 0.717) is 16.6 Å². The number of halogens is 3. The van der Waals surface area contributed by atoms with Gasteiger partial charge < -0.3 is 19.5 Å². The molecule has 0 spiro atoms. The molecule has 1 atom stereocenters. The molecule has 1 unspecified atom stereocenters. The Kier molecular flexibility index (Phi) is 6.39. The summed E-state index contributed by atoms with van der Waals surface area (Å²) >= 11 is 1.28. The van der Waals surface area contributed by atoms with Crippen molar-refractivity contribution in [2.45, 2.75) is 39.6 Å². The molecular formula is C21H22F3N5O3S. The SMILES string of the molecule is Cc1cc(-c2sc(N3CCOC(C(F)(F)F)C3)nc2CNC(=O)c2cc(C)on2)cc(C)n1. The maximum Gasteiger partial charge on any atom is 0.416 e. The molecule has 0 radical (unpaired) electrons. The minimum Gasteiger partial charge on any atom is -0.365 e. The highest BCUT2D eigenvalue weighted by atomic mass is 32.1. The number of carbonyl (C=O) groups excluding carboxylic acids is 1. The summed E-state index contributed by atoms with van der Waals surface area (Å²) in [6.07, 6.45) is -6.33. The predicted molar refractivity (Wildman–Crippen MR) is 115 cm³/mol. The van der Waals surface area contributed by atoms with Gasteiger partial charge in [0.15, 0.2) is 16.9 Å². The first-order valence-corrected chi connectivity index (χ1v) is 11.0. The summed E-state index contributed by atoms with van der Waals surface area (Å²) in [5.74, 6) is 0.0732. The number of aryl methyl sites for hydroxylation is 3. The molecule has 4 heterocycles. The lowest BCUT2D eigenvalue weighted by molar-refractivity contribution is -0.221. The van der Waals surface area contributed by atoms with Crippen molar-refractivity contribution in [3.63, 3.8) is 0 Å². The zero-order valence-corrected chi connectivity index (χ0v) is 19.0. The molecule has 1 amide bonds. The quantitative estimate of drug-likeness (QED) is 0.592. The third-order valence-electron chi connectivity index (χ3n) is 5.01. The predicted octanol–water partition coefficient (Wildman–Crippen LogP) is 3.82. The van der Waals surface area contributed by atoms with Crippen LogP contribution in [0.3, 0.4) is 0 Å². The third kappa shape index (κ3) is 5.33. The zero-order valence-electron chi connectivity index (χ0n) is 18.2. The smallest absolute Gasteiger partial charge is 0.365 e. The van der Waals surface area contributed by atoms with Gasteiger partial charge in [-0.3, -0.25) is 9.78 Å². The van der Waals surface area contributed by atoms with Crippen molar-refractivity contribution >= 4 is 22.4 Å². The molecule has 1 saturated heterocycles. The van der Waals surface area contributed by atoms with Gasteiger partial charge in [-0.25, -0.2) is 4.98 Å². The number of nitrogens with zero attached hydrogens (tertiary/aromatic N) is 4. The Labute approximate surface area is 191 Å². The Bertz CT molecular complexity index is 1140. The Morgan fingerprint density at radius 1 is 1.21 bits per heavy atom. The maximum atomic E-state index is 13.2. The lowest BCUT2D eigenvalue weighted by Crippen LogP contribution is -2.49. The zero-order chi connectivity index (χ0) is 23.8. The van der Waals surface area contributed by atoms with E-state index < -0.39 is 18.2 Å². The van der Waals surface area contributed by atoms with Crippen LogP contribution in [-0.4, -0.2) is 53.0 Å². The van der Waals surface area contributed by atoms with Crippen LogP contribution in [0.1, 0.15) is 33.3 Å². The summed E-state index contributed by atoms with van der Waals surface area (Å²) < 4.78 is 49.5. The number of alkyl halides is 3. The number of pyridine rings is 1. The van der Waals surface area contributed by atoms with E-state index >= 15 is 0 Å². The molecule has 8 nitrogen and oxygen atoms in total. The largest absolute Gasteiger partial charge is 0.416 e. The first-order chi connectivity index (χ1) is 15.6. The number of thiazole rings is 1. The molecule has 1 aliphatic heterocycles. The van der Waals surface area contributed by atoms with Gasteiger partial charge in [-0.1, -0.05) is 16.5 Å². The monoisotopic (exact) mass is 481 g/mol. The Morgan fingerprint density at radius 3 is 2.58 bits per heavy atom. The maximum absolute atomic E-state index is 13.2. The lowest BCUT2D eigenvalue weighted by Gasteiger charge is -2.33. The van der Waals surface area contributed by atoms with Crippen LogP contribution in [0.4, 0.5) is 18.3 Å². The van der Waals surface area contributed by atoms with E-state index in [1.807, 2.05) is 26.0 Å². The molecule has 176 valence electrons. The fourth-order valence-electron chi connectivity index (χ4n) is 3.53. The van der Waals surface area contributed by atoms with Gasteiger partial charge in [0, 0.05) is 24.0 Å². The number of carbonyl (C=O) groups is 1. The minimum atomic E-state index is -4.45. The Hall–Kier alpha value is -2.99. The molecule has 33 heavy (non-hydrogen) atoms. The summed E-state index contributed by atoms with van der Waals surface area (Å²) in [6, 6.07) is 5.28. The van der Waals surface area contributed by atoms with E-state index in [-0.39, 0.29) is 31.9 Å². The van der Waals surface area contributed by atoms with Crippen LogP contribution in [0, 0.1) is 20.8 Å². The number of aromatic nitrogens is 3. The molecule has 12 heteroatoms. The number of hydrogen-bond donors (Lipinski definition) is 1. The topological polar surface area (TPSA) is 93.4 Å². The minimum absolute atomic E-state index is 0.0514. The first kappa shape index (κ1) is 23.2. The second kappa shape index (κ2) is 9.10. The van der Waals surface area contributed by atoms with Crippen molar-refractivity contribution in [3.8, 4) is 10.4 Å². The summed E-state index contributed by atoms with van der Waals surface area (Å²) in [7, 11) is 0. The van der Waals surface area contributed by atoms with E-state index in [2.05, 4.69) is 20.4 Å². The molecule has 0 saturated carbocycles. The van der Waals surface area contributed by atoms with Crippen LogP contribution < -0.4 is 10.2 Å². The van der Waals surface area contributed by atoms with Crippen LogP contribution in [0.5, 0.6) is 0 Å². The van der Waals surface area contributed by atoms with Gasteiger partial charge in [0.05, 0.1) is 30.3 Å². The van der Waals surface area contributed by atoms with E-state index in [1.165, 1.54) is 17.4 Å². The number of amides is 1. The van der Waals surface area contributed by atoms with Crippen molar-refractivity contribution in [2.24, 2.45) is 0 Å². The number of rotatable bonds is 5. The normalized spacial score (nSPS) is 16.8. The number of morpholine rings is 1. The second-order valence-corrected chi connectivity index (χ2v) is 8.74. The standard InChI is InChI=1S/C21H22F3N5O3S/c1-11-6-14(7-12(2)26-11)18-16(9-25-19(30)15-8-13(3)32-28-15)27-20(33-18)29-4-5-31-17(10-29)21(22,23)24/h6-8,17H,4-5,9-10H2,1-3H3,(H,25,30). The first-order valence-electron chi connectivity index (χ1n) is 10.2. The molecule has 0 bridgehead atoms. The van der Waals surface area contributed by atoms with Gasteiger partial charge in [-0.15, -0.1) is 0 Å². The van der Waals surface area contributed by atoms with Gasteiger partial charge in [0.1, 0.15) is 5.76 Å². The summed E-state index contributed by atoms with van der Waals surface area (Å²) in [6.45, 7) is 5.38. The second-order valence-electron chi connectivity index (χ2n) is 7.76. The number of ether oxygens (including phenoxy) is 1. The van der Waals surface area contributed by atoms with Gasteiger partial charge >= 0.3 is 6.18 Å². The summed E-state index contributed by atoms with van der Waals surface area (Å²) in [4.78, 5) is 23.7. The van der Waals surface area contributed by atoms with Gasteiger partial charge in [-0.2, -0.15) is 13.2 Å². The molecular weight excluding hydrogens is 459 g/mol. The highest BCUT2D eigenvalue weighted by Crippen LogP contribution is 2.37. The fourth-order valence-corrected chi connectivity index (χ4v) is 4.64. The molecule has 0 aliphatic carbocycles. The number of nitrogens with one attached hydrogen (secondary N) is 1. The number of anilines is 1. The molecule has 1 fully saturated rings. The molecule has 0 aromatic carbocycles. The average molecular weight is 482 g/mol. The molecule has 3 aromatic rings. The van der Waals surface area contributed by atoms with Crippen LogP contribution in [0.15, 0.2) is 22.7 Å². The van der Waals surface area contributed by atoms with Crippen molar-refractivity contribution in [1.82, 2.24) is 20.4 Å². The van der Waals surface area contributed by atoms with E-state index in [0.717, 1.165) is 21.8 Å². The molecule has 1 aliphatic rings. The van der Waals surface area contributed by atoms with Crippen LogP contribution in [0.25, 0.3) is 10.4 Å². The summed E-state index contributed by atoms with van der Waals surface area (Å²) in [5, 5.41) is 6.90. The van der Waals surface area contributed by atoms with Crippen molar-refractivity contribution in [3.05, 3.63) is 46.7 Å². The lowest BCUT2D eigenvalue weighted by atomic mass is 10.1.